The van der Waals surface area contributed by atoms with Crippen molar-refractivity contribution >= 4 is 11.0 Å². The maximum Gasteiger partial charge on any atom is 0.340 e. The number of nitrogens with one attached hydrogen (secondary N) is 2. The second kappa shape index (κ2) is 9.33. The monoisotopic (exact) mass is 474 g/mol. The van der Waals surface area contributed by atoms with Gasteiger partial charge in [0.2, 0.25) is 11.6 Å². The molecule has 12 heteroatoms. The van der Waals surface area contributed by atoms with E-state index in [4.69, 9.17) is 13.9 Å². The van der Waals surface area contributed by atoms with Crippen LogP contribution in [0.25, 0.3) is 11.0 Å². The molecule has 2 aromatic carbocycles. The van der Waals surface area contributed by atoms with Crippen molar-refractivity contribution in [3.05, 3.63) is 81.2 Å². The molecule has 0 spiro atoms. The predicted octanol–water partition coefficient (Wildman–Crippen LogP) is 3.00. The number of nitrogens with zero attached hydrogens (tertiary/aromatic N) is 6. The molecule has 2 atom stereocenters. The summed E-state index contributed by atoms with van der Waals surface area (Å²) in [6, 6.07) is 13.1. The number of ether oxygens (including phenoxy) is 2. The third kappa shape index (κ3) is 4.58. The lowest BCUT2D eigenvalue weighted by atomic mass is 9.99. The quantitative estimate of drug-likeness (QED) is 0.320. The van der Waals surface area contributed by atoms with Gasteiger partial charge in [-0.05, 0) is 31.9 Å². The van der Waals surface area contributed by atoms with Crippen LogP contribution >= 0.6 is 0 Å². The molecule has 178 valence electrons. The number of aryl methyl sites for hydroxylation is 1. The molecule has 3 aromatic heterocycles. The number of aromatic nitrogens is 8. The van der Waals surface area contributed by atoms with Crippen molar-refractivity contribution in [2.45, 2.75) is 39.4 Å². The summed E-state index contributed by atoms with van der Waals surface area (Å²) >= 11 is 0. The maximum atomic E-state index is 13.0. The lowest BCUT2D eigenvalue weighted by molar-refractivity contribution is 0.205. The molecule has 0 saturated heterocycles. The van der Waals surface area contributed by atoms with E-state index in [0.717, 1.165) is 11.1 Å². The topological polar surface area (TPSA) is 158 Å². The molecule has 35 heavy (non-hydrogen) atoms. The first kappa shape index (κ1) is 22.2. The van der Waals surface area contributed by atoms with Gasteiger partial charge in [-0.1, -0.05) is 40.8 Å². The van der Waals surface area contributed by atoms with Gasteiger partial charge in [0.15, 0.2) is 12.2 Å². The van der Waals surface area contributed by atoms with Gasteiger partial charge in [-0.25, -0.2) is 4.79 Å². The van der Waals surface area contributed by atoms with E-state index in [1.807, 2.05) is 37.3 Å². The summed E-state index contributed by atoms with van der Waals surface area (Å²) < 4.78 is 18.0. The van der Waals surface area contributed by atoms with Gasteiger partial charge in [0.25, 0.3) is 0 Å². The van der Waals surface area contributed by atoms with Crippen LogP contribution < -0.4 is 15.1 Å². The number of fused-ring (bicyclic) bond motifs is 1. The average Bonchev–Trinajstić information content (AvgIpc) is 3.57. The number of hydrogen-bond donors (Lipinski definition) is 2. The van der Waals surface area contributed by atoms with Crippen LogP contribution in [0.5, 0.6) is 11.5 Å². The Balaban J connectivity index is 1.60. The lowest BCUT2D eigenvalue weighted by Crippen LogP contribution is -2.13. The highest BCUT2D eigenvalue weighted by atomic mass is 16.5. The van der Waals surface area contributed by atoms with Crippen LogP contribution in [0.4, 0.5) is 0 Å². The SMILES string of the molecule is Cc1c(Cc2ccccc2)c(=O)oc2cc(OC(C)c3nn[nH]n3)cc(OC(C)c3nn[nH]n3)c12. The number of rotatable bonds is 8. The summed E-state index contributed by atoms with van der Waals surface area (Å²) in [7, 11) is 0. The molecular weight excluding hydrogens is 452 g/mol. The standard InChI is InChI=1S/C23H22N8O4/c1-12-17(9-15-7-5-4-6-8-15)23(32)35-19-11-16(33-13(2)21-24-28-29-25-21)10-18(20(12)19)34-14(3)22-26-30-31-27-22/h4-8,10-11,13-14H,9H2,1-3H3,(H,24,25,28,29)(H,26,27,30,31). The number of H-pyrrole nitrogens is 2. The largest absolute Gasteiger partial charge is 0.482 e. The zero-order valence-electron chi connectivity index (χ0n) is 19.2. The fourth-order valence-corrected chi connectivity index (χ4v) is 3.83. The van der Waals surface area contributed by atoms with Crippen molar-refractivity contribution in [3.63, 3.8) is 0 Å². The van der Waals surface area contributed by atoms with Crippen molar-refractivity contribution < 1.29 is 13.9 Å². The molecule has 5 aromatic rings. The van der Waals surface area contributed by atoms with Gasteiger partial charge >= 0.3 is 5.63 Å². The first-order chi connectivity index (χ1) is 17.0. The van der Waals surface area contributed by atoms with E-state index in [1.54, 1.807) is 26.0 Å². The minimum Gasteiger partial charge on any atom is -0.482 e. The fourth-order valence-electron chi connectivity index (χ4n) is 3.83. The van der Waals surface area contributed by atoms with Crippen molar-refractivity contribution in [1.82, 2.24) is 41.2 Å². The Bertz CT molecular complexity index is 1480. The van der Waals surface area contributed by atoms with Gasteiger partial charge in [0.05, 0.1) is 5.39 Å². The maximum absolute atomic E-state index is 13.0. The third-order valence-electron chi connectivity index (χ3n) is 5.61. The molecule has 0 amide bonds. The number of aromatic amines is 2. The molecule has 2 unspecified atom stereocenters. The van der Waals surface area contributed by atoms with Gasteiger partial charge in [0, 0.05) is 24.1 Å². The first-order valence-electron chi connectivity index (χ1n) is 10.9. The minimum absolute atomic E-state index is 0.331. The molecule has 0 bridgehead atoms. The van der Waals surface area contributed by atoms with Crippen LogP contribution in [0.1, 0.15) is 54.4 Å². The van der Waals surface area contributed by atoms with Gasteiger partial charge in [-0.2, -0.15) is 10.4 Å². The van der Waals surface area contributed by atoms with Crippen molar-refractivity contribution in [1.29, 1.82) is 0 Å². The highest BCUT2D eigenvalue weighted by Crippen LogP contribution is 2.37. The summed E-state index contributed by atoms with van der Waals surface area (Å²) in [4.78, 5) is 13.0. The smallest absolute Gasteiger partial charge is 0.340 e. The molecule has 0 fully saturated rings. The van der Waals surface area contributed by atoms with E-state index in [2.05, 4.69) is 41.2 Å². The average molecular weight is 474 g/mol. The van der Waals surface area contributed by atoms with Crippen molar-refractivity contribution in [2.24, 2.45) is 0 Å². The van der Waals surface area contributed by atoms with E-state index in [9.17, 15) is 4.79 Å². The molecule has 3 heterocycles. The van der Waals surface area contributed by atoms with Gasteiger partial charge in [0.1, 0.15) is 17.1 Å². The Morgan fingerprint density at radius 3 is 2.23 bits per heavy atom. The van der Waals surface area contributed by atoms with E-state index >= 15 is 0 Å². The second-order valence-corrected chi connectivity index (χ2v) is 8.01. The second-order valence-electron chi connectivity index (χ2n) is 8.01. The third-order valence-corrected chi connectivity index (χ3v) is 5.61. The molecule has 0 aliphatic carbocycles. The van der Waals surface area contributed by atoms with E-state index < -0.39 is 17.8 Å². The van der Waals surface area contributed by atoms with Crippen molar-refractivity contribution in [2.75, 3.05) is 0 Å². The van der Waals surface area contributed by atoms with E-state index in [-0.39, 0.29) is 0 Å². The molecular formula is C23H22N8O4. The molecule has 0 aliphatic heterocycles. The zero-order chi connectivity index (χ0) is 24.4. The van der Waals surface area contributed by atoms with Crippen LogP contribution in [0, 0.1) is 6.92 Å². The Morgan fingerprint density at radius 2 is 1.60 bits per heavy atom. The lowest BCUT2D eigenvalue weighted by Gasteiger charge is -2.18. The highest BCUT2D eigenvalue weighted by molar-refractivity contribution is 5.89. The minimum atomic E-state index is -0.536. The summed E-state index contributed by atoms with van der Waals surface area (Å²) in [6.45, 7) is 5.46. The molecule has 0 aliphatic rings. The zero-order valence-corrected chi connectivity index (χ0v) is 19.2. The van der Waals surface area contributed by atoms with Crippen LogP contribution in [-0.2, 0) is 6.42 Å². The predicted molar refractivity (Wildman–Crippen MR) is 123 cm³/mol. The summed E-state index contributed by atoms with van der Waals surface area (Å²) in [6.07, 6.45) is -0.623. The van der Waals surface area contributed by atoms with Crippen molar-refractivity contribution in [3.8, 4) is 11.5 Å². The molecule has 0 saturated carbocycles. The molecule has 5 rings (SSSR count). The number of tetrazole rings is 2. The van der Waals surface area contributed by atoms with Crippen LogP contribution in [-0.4, -0.2) is 41.2 Å². The van der Waals surface area contributed by atoms with Gasteiger partial charge in [-0.3, -0.25) is 0 Å². The fraction of sp³-hybridized carbons (Fsp3) is 0.261. The van der Waals surface area contributed by atoms with Crippen LogP contribution in [0.15, 0.2) is 51.7 Å². The molecule has 2 N–H and O–H groups in total. The summed E-state index contributed by atoms with van der Waals surface area (Å²) in [5.41, 5.74) is 2.22. The normalized spacial score (nSPS) is 13.0. The first-order valence-corrected chi connectivity index (χ1v) is 10.9. The highest BCUT2D eigenvalue weighted by Gasteiger charge is 2.22. The molecule has 12 nitrogen and oxygen atoms in total. The van der Waals surface area contributed by atoms with E-state index in [1.165, 1.54) is 0 Å². The summed E-state index contributed by atoms with van der Waals surface area (Å²) in [5.74, 6) is 1.61. The molecule has 0 radical (unpaired) electrons. The van der Waals surface area contributed by atoms with Gasteiger partial charge < -0.3 is 13.9 Å². The van der Waals surface area contributed by atoms with E-state index in [0.29, 0.717) is 46.1 Å². The Morgan fingerprint density at radius 1 is 0.943 bits per heavy atom. The van der Waals surface area contributed by atoms with Crippen LogP contribution in [0.2, 0.25) is 0 Å². The number of hydrogen-bond acceptors (Lipinski definition) is 10. The van der Waals surface area contributed by atoms with Crippen LogP contribution in [0.3, 0.4) is 0 Å². The Kier molecular flexibility index (Phi) is 5.92. The summed E-state index contributed by atoms with van der Waals surface area (Å²) in [5, 5.41) is 28.6. The Labute approximate surface area is 198 Å². The number of benzene rings is 2. The van der Waals surface area contributed by atoms with Gasteiger partial charge in [-0.15, -0.1) is 20.4 Å². The Hall–Kier alpha value is -4.61.